The molecular weight excluding hydrogens is 686 g/mol. The molecule has 276 valence electrons. The smallest absolute Gasteiger partial charge is 0.313 e. The average molecular weight is 730 g/mol. The van der Waals surface area contributed by atoms with Crippen LogP contribution in [0.1, 0.15) is 38.2 Å². The molecule has 2 rings (SSSR count). The predicted octanol–water partition coefficient (Wildman–Crippen LogP) is 4.89. The summed E-state index contributed by atoms with van der Waals surface area (Å²) in [6.07, 6.45) is 3.60. The molecule has 0 aliphatic heterocycles. The number of allylic oxidation sites excluding steroid dienone is 1. The van der Waals surface area contributed by atoms with E-state index >= 15 is 0 Å². The third-order valence-electron chi connectivity index (χ3n) is 6.47. The van der Waals surface area contributed by atoms with Gasteiger partial charge < -0.3 is 45.3 Å². The van der Waals surface area contributed by atoms with E-state index in [9.17, 15) is 27.5 Å². The zero-order valence-electron chi connectivity index (χ0n) is 27.8. The summed E-state index contributed by atoms with van der Waals surface area (Å²) in [5.74, 6) is -4.01. The van der Waals surface area contributed by atoms with Gasteiger partial charge in [0.2, 0.25) is 11.6 Å². The second-order valence-electron chi connectivity index (χ2n) is 10.5. The number of nitrogens with two attached hydrogens (primary N) is 1. The summed E-state index contributed by atoms with van der Waals surface area (Å²) in [6, 6.07) is 6.61. The number of phenols is 1. The fourth-order valence-electron chi connectivity index (χ4n) is 3.96. The summed E-state index contributed by atoms with van der Waals surface area (Å²) >= 11 is 5.26. The van der Waals surface area contributed by atoms with Crippen LogP contribution < -0.4 is 21.2 Å². The van der Waals surface area contributed by atoms with E-state index in [2.05, 4.69) is 32.0 Å². The van der Waals surface area contributed by atoms with E-state index < -0.39 is 47.0 Å². The number of unbranched alkanes of at least 4 members (excludes halogenated alkanes) is 1. The Hall–Kier alpha value is -4.16. The van der Waals surface area contributed by atoms with Gasteiger partial charge in [-0.25, -0.2) is 13.2 Å². The van der Waals surface area contributed by atoms with Gasteiger partial charge in [0.25, 0.3) is 0 Å². The molecule has 0 amide bonds. The van der Waals surface area contributed by atoms with Crippen LogP contribution in [-0.4, -0.2) is 94.1 Å². The van der Waals surface area contributed by atoms with Gasteiger partial charge in [0.15, 0.2) is 22.6 Å². The van der Waals surface area contributed by atoms with Crippen molar-refractivity contribution in [3.63, 3.8) is 0 Å². The van der Waals surface area contributed by atoms with Crippen LogP contribution in [0.5, 0.6) is 11.5 Å². The highest BCUT2D eigenvalue weighted by atomic mass is 32.1. The lowest BCUT2D eigenvalue weighted by molar-refractivity contribution is -0.136. The Labute approximate surface area is 293 Å². The van der Waals surface area contributed by atoms with Gasteiger partial charge in [-0.05, 0) is 68.2 Å². The number of carbonyl (C=O) groups is 1. The summed E-state index contributed by atoms with van der Waals surface area (Å²) in [5, 5.41) is 19.8. The quantitative estimate of drug-likeness (QED) is 0.00998. The predicted molar refractivity (Wildman–Crippen MR) is 186 cm³/mol. The highest BCUT2D eigenvalue weighted by Gasteiger charge is 2.28. The topological polar surface area (TPSA) is 158 Å². The summed E-state index contributed by atoms with van der Waals surface area (Å²) < 4.78 is 81.9. The third-order valence-corrected chi connectivity index (χ3v) is 6.72. The normalized spacial score (nSPS) is 11.6. The number of nitrogens with zero attached hydrogens (tertiary/aromatic N) is 2. The van der Waals surface area contributed by atoms with E-state index in [4.69, 9.17) is 37.0 Å². The number of thiocarbonyl (C=S) groups is 1. The number of aliphatic imine (C=N–C) groups is 1. The monoisotopic (exact) mass is 729 g/mol. The first-order valence-electron chi connectivity index (χ1n) is 15.7. The molecule has 2 aromatic carbocycles. The summed E-state index contributed by atoms with van der Waals surface area (Å²) in [5.41, 5.74) is 0.352. The number of phenolic OH excluding ortho intramolecular Hbond substituents is 1. The standard InChI is InChI=1S/C33H43F4N5O7S/c1-22(2)27-28(34)30(36)31(37)32(29(27)35)49-26(44)10-13-45-15-17-47-19-20-48-18-16-46-14-12-39-21-24(42-38)5-3-4-11-40-33(50)41-23-6-8-25(43)9-7-23/h6-9,21,43H,1,3-5,10-20,38H2,2H3,(H2,40,41,50)/b39-21?,42-24-. The summed E-state index contributed by atoms with van der Waals surface area (Å²) in [4.78, 5) is 16.2. The maximum atomic E-state index is 14.4. The molecule has 50 heavy (non-hydrogen) atoms. The average Bonchev–Trinajstić information content (AvgIpc) is 3.08. The SMILES string of the molecule is C=C(C)c1c(F)c(F)c(F)c(OC(=O)CCOCCOCCOCCOCCN=C/C(CCCCNC(=S)Nc2ccc(O)cc2)=N\N)c1F. The fourth-order valence-corrected chi connectivity index (χ4v) is 4.18. The van der Waals surface area contributed by atoms with Gasteiger partial charge in [-0.2, -0.15) is 9.49 Å². The lowest BCUT2D eigenvalue weighted by Crippen LogP contribution is -2.29. The van der Waals surface area contributed by atoms with Crippen LogP contribution >= 0.6 is 12.2 Å². The molecule has 0 bridgehead atoms. The molecular formula is C33H43F4N5O7S. The van der Waals surface area contributed by atoms with Crippen molar-refractivity contribution in [2.75, 3.05) is 71.3 Å². The maximum Gasteiger partial charge on any atom is 0.313 e. The van der Waals surface area contributed by atoms with Gasteiger partial charge in [-0.15, -0.1) is 0 Å². The van der Waals surface area contributed by atoms with Gasteiger partial charge >= 0.3 is 5.97 Å². The molecule has 17 heteroatoms. The Morgan fingerprint density at radius 2 is 1.48 bits per heavy atom. The van der Waals surface area contributed by atoms with Crippen molar-refractivity contribution in [1.82, 2.24) is 5.32 Å². The zero-order valence-corrected chi connectivity index (χ0v) is 28.6. The number of rotatable bonds is 24. The first-order valence-corrected chi connectivity index (χ1v) is 16.1. The molecule has 0 fully saturated rings. The van der Waals surface area contributed by atoms with Crippen LogP contribution in [0.4, 0.5) is 23.2 Å². The third kappa shape index (κ3) is 16.0. The van der Waals surface area contributed by atoms with Crippen LogP contribution in [0.15, 0.2) is 40.9 Å². The molecule has 0 radical (unpaired) electrons. The second kappa shape index (κ2) is 24.1. The fraction of sp³-hybridized carbons (Fsp3) is 0.455. The van der Waals surface area contributed by atoms with E-state index in [1.807, 2.05) is 0 Å². The number of hydrazone groups is 1. The molecule has 2 aromatic rings. The van der Waals surface area contributed by atoms with E-state index in [1.165, 1.54) is 6.92 Å². The van der Waals surface area contributed by atoms with Crippen LogP contribution in [-0.2, 0) is 23.7 Å². The number of esters is 1. The van der Waals surface area contributed by atoms with Gasteiger partial charge in [0.05, 0.1) is 77.1 Å². The Balaban J connectivity index is 1.41. The van der Waals surface area contributed by atoms with Gasteiger partial charge in [-0.1, -0.05) is 6.58 Å². The molecule has 0 spiro atoms. The van der Waals surface area contributed by atoms with Crippen molar-refractivity contribution in [2.24, 2.45) is 15.9 Å². The number of benzene rings is 2. The molecule has 0 aromatic heterocycles. The van der Waals surface area contributed by atoms with E-state index in [0.717, 1.165) is 18.5 Å². The first kappa shape index (κ1) is 42.0. The molecule has 5 N–H and O–H groups in total. The minimum absolute atomic E-state index is 0.119. The minimum atomic E-state index is -1.97. The van der Waals surface area contributed by atoms with Crippen LogP contribution in [0, 0.1) is 23.3 Å². The van der Waals surface area contributed by atoms with E-state index in [-0.39, 0.29) is 37.8 Å². The van der Waals surface area contributed by atoms with Crippen molar-refractivity contribution < 1.29 is 51.1 Å². The summed E-state index contributed by atoms with van der Waals surface area (Å²) in [7, 11) is 0. The van der Waals surface area contributed by atoms with Crippen molar-refractivity contribution in [3.8, 4) is 11.5 Å². The largest absolute Gasteiger partial charge is 0.508 e. The highest BCUT2D eigenvalue weighted by molar-refractivity contribution is 7.80. The van der Waals surface area contributed by atoms with Crippen molar-refractivity contribution in [3.05, 3.63) is 59.7 Å². The summed E-state index contributed by atoms with van der Waals surface area (Å²) in [6.45, 7) is 7.51. The number of hydrogen-bond donors (Lipinski definition) is 4. The Kier molecular flexibility index (Phi) is 20.2. The zero-order chi connectivity index (χ0) is 36.7. The Morgan fingerprint density at radius 1 is 0.880 bits per heavy atom. The molecule has 0 aliphatic carbocycles. The Bertz CT molecular complexity index is 1450. The molecule has 0 heterocycles. The number of ether oxygens (including phenoxy) is 5. The molecule has 0 saturated carbocycles. The van der Waals surface area contributed by atoms with Gasteiger partial charge in [0.1, 0.15) is 5.75 Å². The van der Waals surface area contributed by atoms with E-state index in [0.29, 0.717) is 56.8 Å². The van der Waals surface area contributed by atoms with Crippen LogP contribution in [0.25, 0.3) is 5.57 Å². The van der Waals surface area contributed by atoms with Gasteiger partial charge in [-0.3, -0.25) is 9.79 Å². The molecule has 0 saturated heterocycles. The molecule has 0 unspecified atom stereocenters. The molecule has 12 nitrogen and oxygen atoms in total. The maximum absolute atomic E-state index is 14.4. The number of anilines is 1. The highest BCUT2D eigenvalue weighted by Crippen LogP contribution is 2.33. The molecule has 0 aliphatic rings. The van der Waals surface area contributed by atoms with E-state index in [1.54, 1.807) is 30.5 Å². The number of aromatic hydroxyl groups is 1. The van der Waals surface area contributed by atoms with Gasteiger partial charge in [0, 0.05) is 18.4 Å². The Morgan fingerprint density at radius 3 is 2.08 bits per heavy atom. The first-order chi connectivity index (χ1) is 24.0. The number of nitrogens with one attached hydrogen (secondary N) is 2. The lowest BCUT2D eigenvalue weighted by Gasteiger charge is -2.12. The number of hydrogen-bond acceptors (Lipinski definition) is 11. The second-order valence-corrected chi connectivity index (χ2v) is 10.9. The van der Waals surface area contributed by atoms with Crippen LogP contribution in [0.2, 0.25) is 0 Å². The lowest BCUT2D eigenvalue weighted by atomic mass is 10.1. The minimum Gasteiger partial charge on any atom is -0.508 e. The van der Waals surface area contributed by atoms with Crippen LogP contribution in [0.3, 0.4) is 0 Å². The number of halogens is 4. The van der Waals surface area contributed by atoms with Crippen molar-refractivity contribution >= 4 is 46.5 Å². The molecule has 0 atom stereocenters. The number of carbonyl (C=O) groups excluding carboxylic acids is 1. The van der Waals surface area contributed by atoms with Crippen molar-refractivity contribution in [2.45, 2.75) is 32.6 Å². The van der Waals surface area contributed by atoms with Crippen molar-refractivity contribution in [1.29, 1.82) is 0 Å².